The van der Waals surface area contributed by atoms with Crippen LogP contribution in [0.4, 0.5) is 0 Å². The Labute approximate surface area is 137 Å². The van der Waals surface area contributed by atoms with Gasteiger partial charge >= 0.3 is 0 Å². The van der Waals surface area contributed by atoms with Crippen molar-refractivity contribution in [2.45, 2.75) is 0 Å². The molecule has 0 saturated carbocycles. The number of benzene rings is 1. The minimum absolute atomic E-state index is 0.909. The zero-order chi connectivity index (χ0) is 16.1. The van der Waals surface area contributed by atoms with Crippen molar-refractivity contribution in [3.05, 3.63) is 55.1 Å². The van der Waals surface area contributed by atoms with Crippen molar-refractivity contribution >= 4 is 21.8 Å². The van der Waals surface area contributed by atoms with E-state index in [4.69, 9.17) is 0 Å². The molecule has 5 rings (SSSR count). The zero-order valence-corrected chi connectivity index (χ0v) is 13.0. The summed E-state index contributed by atoms with van der Waals surface area (Å²) in [5.41, 5.74) is 6.16. The van der Waals surface area contributed by atoms with Crippen LogP contribution >= 0.6 is 0 Å². The third-order valence-corrected chi connectivity index (χ3v) is 4.28. The van der Waals surface area contributed by atoms with Crippen molar-refractivity contribution in [1.82, 2.24) is 29.9 Å². The number of aromatic amines is 2. The fourth-order valence-electron chi connectivity index (χ4n) is 3.07. The predicted octanol–water partition coefficient (Wildman–Crippen LogP) is 3.51. The van der Waals surface area contributed by atoms with Crippen LogP contribution in [0.5, 0.6) is 0 Å². The van der Waals surface area contributed by atoms with Gasteiger partial charge in [0.15, 0.2) is 0 Å². The number of aromatic nitrogens is 6. The first-order chi connectivity index (χ1) is 11.8. The summed E-state index contributed by atoms with van der Waals surface area (Å²) >= 11 is 0. The van der Waals surface area contributed by atoms with Gasteiger partial charge in [0.25, 0.3) is 0 Å². The summed E-state index contributed by atoms with van der Waals surface area (Å²) in [7, 11) is 1.92. The smallest absolute Gasteiger partial charge is 0.116 e. The molecule has 6 nitrogen and oxygen atoms in total. The monoisotopic (exact) mass is 314 g/mol. The van der Waals surface area contributed by atoms with Crippen molar-refractivity contribution in [3.63, 3.8) is 0 Å². The van der Waals surface area contributed by atoms with Crippen molar-refractivity contribution in [2.24, 2.45) is 7.05 Å². The maximum absolute atomic E-state index is 4.50. The summed E-state index contributed by atoms with van der Waals surface area (Å²) in [6.07, 6.45) is 7.52. The molecule has 0 unspecified atom stereocenters. The number of nitrogens with one attached hydrogen (secondary N) is 2. The van der Waals surface area contributed by atoms with Crippen LogP contribution in [0.2, 0.25) is 0 Å². The quantitative estimate of drug-likeness (QED) is 0.523. The fraction of sp³-hybridized carbons (Fsp3) is 0.0556. The van der Waals surface area contributed by atoms with Crippen LogP contribution in [0.15, 0.2) is 55.1 Å². The SMILES string of the molecule is Cn1cc(-c2ccc3[nH]nc(-c4cc5cnccc5[nH]4)c3c2)cn1. The molecule has 0 aliphatic rings. The molecule has 4 aromatic heterocycles. The molecule has 5 aromatic rings. The number of H-pyrrole nitrogens is 2. The van der Waals surface area contributed by atoms with Gasteiger partial charge in [-0.2, -0.15) is 10.2 Å². The Morgan fingerprint density at radius 1 is 1.00 bits per heavy atom. The van der Waals surface area contributed by atoms with Gasteiger partial charge in [0.2, 0.25) is 0 Å². The van der Waals surface area contributed by atoms with E-state index in [9.17, 15) is 0 Å². The van der Waals surface area contributed by atoms with Crippen LogP contribution in [0.25, 0.3) is 44.3 Å². The van der Waals surface area contributed by atoms with E-state index < -0.39 is 0 Å². The number of pyridine rings is 1. The molecule has 0 atom stereocenters. The summed E-state index contributed by atoms with van der Waals surface area (Å²) in [4.78, 5) is 7.58. The molecule has 2 N–H and O–H groups in total. The molecule has 0 amide bonds. The van der Waals surface area contributed by atoms with E-state index in [1.54, 1.807) is 10.9 Å². The molecule has 4 heterocycles. The first-order valence-corrected chi connectivity index (χ1v) is 7.68. The molecule has 0 radical (unpaired) electrons. The number of fused-ring (bicyclic) bond motifs is 2. The normalized spacial score (nSPS) is 11.5. The van der Waals surface area contributed by atoms with Gasteiger partial charge in [-0.05, 0) is 29.8 Å². The van der Waals surface area contributed by atoms with Gasteiger partial charge in [-0.3, -0.25) is 14.8 Å². The Morgan fingerprint density at radius 2 is 1.96 bits per heavy atom. The average molecular weight is 314 g/mol. The van der Waals surface area contributed by atoms with Crippen molar-refractivity contribution < 1.29 is 0 Å². The van der Waals surface area contributed by atoms with Gasteiger partial charge in [0.05, 0.1) is 17.4 Å². The van der Waals surface area contributed by atoms with E-state index in [-0.39, 0.29) is 0 Å². The van der Waals surface area contributed by atoms with Crippen LogP contribution < -0.4 is 0 Å². The lowest BCUT2D eigenvalue weighted by atomic mass is 10.1. The van der Waals surface area contributed by atoms with Crippen LogP contribution in [-0.4, -0.2) is 29.9 Å². The van der Waals surface area contributed by atoms with Gasteiger partial charge in [0, 0.05) is 47.5 Å². The Hall–Kier alpha value is -3.41. The largest absolute Gasteiger partial charge is 0.353 e. The molecule has 0 bridgehead atoms. The Bertz CT molecular complexity index is 1140. The van der Waals surface area contributed by atoms with Crippen molar-refractivity contribution in [2.75, 3.05) is 0 Å². The summed E-state index contributed by atoms with van der Waals surface area (Å²) in [5.74, 6) is 0. The van der Waals surface area contributed by atoms with Crippen LogP contribution in [0, 0.1) is 0 Å². The van der Waals surface area contributed by atoms with Crippen LogP contribution in [0.1, 0.15) is 0 Å². The van der Waals surface area contributed by atoms with Gasteiger partial charge in [0.1, 0.15) is 5.69 Å². The second kappa shape index (κ2) is 4.79. The van der Waals surface area contributed by atoms with Crippen molar-refractivity contribution in [3.8, 4) is 22.5 Å². The standard InChI is InChI=1S/C18H14N6/c1-24-10-13(9-20-24)11-2-3-16-14(6-11)18(23-22-16)17-7-12-8-19-5-4-15(12)21-17/h2-10,21H,1H3,(H,22,23). The van der Waals surface area contributed by atoms with Gasteiger partial charge in [-0.1, -0.05) is 6.07 Å². The van der Waals surface area contributed by atoms with E-state index in [1.165, 1.54) is 0 Å². The van der Waals surface area contributed by atoms with Crippen LogP contribution in [0.3, 0.4) is 0 Å². The van der Waals surface area contributed by atoms with E-state index in [2.05, 4.69) is 49.5 Å². The van der Waals surface area contributed by atoms with E-state index in [1.807, 2.05) is 31.7 Å². The summed E-state index contributed by atoms with van der Waals surface area (Å²) in [6.45, 7) is 0. The highest BCUT2D eigenvalue weighted by atomic mass is 15.2. The maximum atomic E-state index is 4.50. The number of hydrogen-bond acceptors (Lipinski definition) is 3. The van der Waals surface area contributed by atoms with E-state index >= 15 is 0 Å². The molecule has 0 aliphatic carbocycles. The topological polar surface area (TPSA) is 75.2 Å². The molecule has 0 aliphatic heterocycles. The zero-order valence-electron chi connectivity index (χ0n) is 13.0. The lowest BCUT2D eigenvalue weighted by Gasteiger charge is -1.99. The second-order valence-electron chi connectivity index (χ2n) is 5.88. The molecular weight excluding hydrogens is 300 g/mol. The average Bonchev–Trinajstić information content (AvgIpc) is 3.30. The van der Waals surface area contributed by atoms with Crippen molar-refractivity contribution in [1.29, 1.82) is 0 Å². The summed E-state index contributed by atoms with van der Waals surface area (Å²) in [5, 5.41) is 14.0. The highest BCUT2D eigenvalue weighted by Crippen LogP contribution is 2.31. The first kappa shape index (κ1) is 13.1. The Kier molecular flexibility index (Phi) is 2.61. The highest BCUT2D eigenvalue weighted by molar-refractivity contribution is 5.97. The lowest BCUT2D eigenvalue weighted by molar-refractivity contribution is 0.768. The van der Waals surface area contributed by atoms with Gasteiger partial charge in [-0.15, -0.1) is 0 Å². The minimum atomic E-state index is 0.909. The van der Waals surface area contributed by atoms with E-state index in [0.717, 1.165) is 44.3 Å². The predicted molar refractivity (Wildman–Crippen MR) is 93.4 cm³/mol. The van der Waals surface area contributed by atoms with E-state index in [0.29, 0.717) is 0 Å². The Morgan fingerprint density at radius 3 is 2.79 bits per heavy atom. The molecule has 116 valence electrons. The molecule has 6 heteroatoms. The molecular formula is C18H14N6. The van der Waals surface area contributed by atoms with Gasteiger partial charge in [-0.25, -0.2) is 0 Å². The molecule has 24 heavy (non-hydrogen) atoms. The van der Waals surface area contributed by atoms with Gasteiger partial charge < -0.3 is 4.98 Å². The highest BCUT2D eigenvalue weighted by Gasteiger charge is 2.12. The van der Waals surface area contributed by atoms with Crippen LogP contribution in [-0.2, 0) is 7.05 Å². The number of rotatable bonds is 2. The summed E-state index contributed by atoms with van der Waals surface area (Å²) < 4.78 is 1.81. The molecule has 1 aromatic carbocycles. The molecule has 0 spiro atoms. The maximum Gasteiger partial charge on any atom is 0.116 e. The lowest BCUT2D eigenvalue weighted by Crippen LogP contribution is -1.84. The number of hydrogen-bond donors (Lipinski definition) is 2. The second-order valence-corrected chi connectivity index (χ2v) is 5.88. The Balaban J connectivity index is 1.70. The number of nitrogens with zero attached hydrogens (tertiary/aromatic N) is 4. The third kappa shape index (κ3) is 1.93. The molecule has 0 fully saturated rings. The third-order valence-electron chi connectivity index (χ3n) is 4.28. The minimum Gasteiger partial charge on any atom is -0.353 e. The fourth-order valence-corrected chi connectivity index (χ4v) is 3.07. The summed E-state index contributed by atoms with van der Waals surface area (Å²) in [6, 6.07) is 10.3. The first-order valence-electron chi connectivity index (χ1n) is 7.68. The number of aryl methyl sites for hydroxylation is 1. The molecule has 0 saturated heterocycles.